The first-order valence-corrected chi connectivity index (χ1v) is 9.10. The molecule has 0 atom stereocenters. The Morgan fingerprint density at radius 2 is 1.92 bits per heavy atom. The second kappa shape index (κ2) is 6.91. The number of nitrogens with one attached hydrogen (secondary N) is 2. The van der Waals surface area contributed by atoms with Crippen LogP contribution in [0.1, 0.15) is 38.3 Å². The molecule has 1 aromatic carbocycles. The number of hydrogen-bond donors (Lipinski definition) is 2. The molecule has 4 nitrogen and oxygen atoms in total. The van der Waals surface area contributed by atoms with Gasteiger partial charge in [-0.05, 0) is 62.0 Å². The lowest BCUT2D eigenvalue weighted by atomic mass is 10.1. The number of esters is 1. The number of aryl methyl sites for hydroxylation is 3. The topological polar surface area (TPSA) is 50.4 Å². The Bertz CT molecular complexity index is 791. The van der Waals surface area contributed by atoms with Crippen molar-refractivity contribution in [1.82, 2.24) is 0 Å². The fourth-order valence-electron chi connectivity index (χ4n) is 3.07. The van der Waals surface area contributed by atoms with Gasteiger partial charge < -0.3 is 15.4 Å². The Labute approximate surface area is 151 Å². The number of fused-ring (bicyclic) bond motifs is 1. The van der Waals surface area contributed by atoms with E-state index < -0.39 is 0 Å². The van der Waals surface area contributed by atoms with Crippen LogP contribution in [0, 0.1) is 13.8 Å². The molecular formula is C18H20N2O2S2. The van der Waals surface area contributed by atoms with E-state index in [1.54, 1.807) is 11.3 Å². The van der Waals surface area contributed by atoms with Crippen molar-refractivity contribution in [1.29, 1.82) is 0 Å². The highest BCUT2D eigenvalue weighted by Gasteiger charge is 2.27. The van der Waals surface area contributed by atoms with Crippen molar-refractivity contribution in [3.63, 3.8) is 0 Å². The van der Waals surface area contributed by atoms with E-state index in [9.17, 15) is 4.79 Å². The van der Waals surface area contributed by atoms with E-state index >= 15 is 0 Å². The lowest BCUT2D eigenvalue weighted by Gasteiger charge is -2.15. The molecule has 1 heterocycles. The second-order valence-electron chi connectivity index (χ2n) is 5.90. The number of ether oxygens (including phenoxy) is 1. The minimum Gasteiger partial charge on any atom is -0.465 e. The van der Waals surface area contributed by atoms with E-state index in [1.807, 2.05) is 32.0 Å². The van der Waals surface area contributed by atoms with Gasteiger partial charge in [-0.25, -0.2) is 4.79 Å². The molecule has 0 unspecified atom stereocenters. The van der Waals surface area contributed by atoms with Gasteiger partial charge in [-0.3, -0.25) is 0 Å². The minimum absolute atomic E-state index is 0.299. The first kappa shape index (κ1) is 16.9. The summed E-state index contributed by atoms with van der Waals surface area (Å²) in [4.78, 5) is 13.4. The summed E-state index contributed by atoms with van der Waals surface area (Å²) in [5.74, 6) is -0.299. The fourth-order valence-corrected chi connectivity index (χ4v) is 4.62. The monoisotopic (exact) mass is 360 g/mol. The van der Waals surface area contributed by atoms with Crippen LogP contribution in [-0.2, 0) is 17.6 Å². The van der Waals surface area contributed by atoms with Crippen LogP contribution >= 0.6 is 23.6 Å². The number of rotatable bonds is 3. The first-order chi connectivity index (χ1) is 11.5. The largest absolute Gasteiger partial charge is 0.465 e. The summed E-state index contributed by atoms with van der Waals surface area (Å²) < 4.78 is 4.96. The van der Waals surface area contributed by atoms with Crippen molar-refractivity contribution in [2.24, 2.45) is 0 Å². The molecule has 0 spiro atoms. The predicted octanol–water partition coefficient (Wildman–Crippen LogP) is 4.45. The van der Waals surface area contributed by atoms with E-state index in [2.05, 4.69) is 10.6 Å². The third-order valence-corrected chi connectivity index (χ3v) is 5.67. The van der Waals surface area contributed by atoms with Crippen LogP contribution in [0.5, 0.6) is 0 Å². The molecule has 126 valence electrons. The van der Waals surface area contributed by atoms with E-state index in [1.165, 1.54) is 12.0 Å². The molecule has 2 N–H and O–H groups in total. The molecule has 0 saturated carbocycles. The molecule has 1 aliphatic rings. The van der Waals surface area contributed by atoms with Crippen molar-refractivity contribution in [3.8, 4) is 0 Å². The standard InChI is InChI=1S/C18H20N2O2S2/c1-10-6-4-7-11(2)15(10)19-18(23)20-16-14(17(21)22-3)12-8-5-9-13(12)24-16/h4,6-7H,5,8-9H2,1-3H3,(H2,19,20,23). The minimum atomic E-state index is -0.299. The number of carbonyl (C=O) groups excluding carboxylic acids is 1. The highest BCUT2D eigenvalue weighted by Crippen LogP contribution is 2.39. The van der Waals surface area contributed by atoms with E-state index in [4.69, 9.17) is 17.0 Å². The number of carbonyl (C=O) groups is 1. The number of thiophene rings is 1. The normalized spacial score (nSPS) is 12.6. The Morgan fingerprint density at radius 3 is 2.58 bits per heavy atom. The maximum atomic E-state index is 12.2. The van der Waals surface area contributed by atoms with Gasteiger partial charge in [0.05, 0.1) is 12.7 Å². The third-order valence-electron chi connectivity index (χ3n) is 4.26. The van der Waals surface area contributed by atoms with Crippen LogP contribution in [0.2, 0.25) is 0 Å². The van der Waals surface area contributed by atoms with Gasteiger partial charge in [0, 0.05) is 10.6 Å². The maximum absolute atomic E-state index is 12.2. The molecule has 1 aromatic heterocycles. The zero-order chi connectivity index (χ0) is 17.3. The van der Waals surface area contributed by atoms with Crippen molar-refractivity contribution in [3.05, 3.63) is 45.3 Å². The van der Waals surface area contributed by atoms with Crippen LogP contribution < -0.4 is 10.6 Å². The molecule has 0 bridgehead atoms. The molecule has 6 heteroatoms. The van der Waals surface area contributed by atoms with Crippen LogP contribution in [0.4, 0.5) is 10.7 Å². The number of methoxy groups -OCH3 is 1. The molecule has 2 aromatic rings. The summed E-state index contributed by atoms with van der Waals surface area (Å²) in [6.45, 7) is 4.08. The van der Waals surface area contributed by atoms with Crippen LogP contribution in [-0.4, -0.2) is 18.2 Å². The average molecular weight is 361 g/mol. The molecule has 0 radical (unpaired) electrons. The van der Waals surface area contributed by atoms with Crippen LogP contribution in [0.25, 0.3) is 0 Å². The SMILES string of the molecule is COC(=O)c1c(NC(=S)Nc2c(C)cccc2C)sc2c1CCC2. The van der Waals surface area contributed by atoms with E-state index in [0.717, 1.165) is 46.6 Å². The molecule has 0 fully saturated rings. The number of thiocarbonyl (C=S) groups is 1. The first-order valence-electron chi connectivity index (χ1n) is 7.88. The lowest BCUT2D eigenvalue weighted by Crippen LogP contribution is -2.21. The van der Waals surface area contributed by atoms with Gasteiger partial charge in [-0.1, -0.05) is 18.2 Å². The third kappa shape index (κ3) is 3.16. The number of anilines is 2. The van der Waals surface area contributed by atoms with Crippen molar-refractivity contribution in [2.45, 2.75) is 33.1 Å². The fraction of sp³-hybridized carbons (Fsp3) is 0.333. The highest BCUT2D eigenvalue weighted by molar-refractivity contribution is 7.80. The summed E-state index contributed by atoms with van der Waals surface area (Å²) in [7, 11) is 1.42. The van der Waals surface area contributed by atoms with Crippen LogP contribution in [0.15, 0.2) is 18.2 Å². The maximum Gasteiger partial charge on any atom is 0.341 e. The summed E-state index contributed by atoms with van der Waals surface area (Å²) >= 11 is 7.06. The Morgan fingerprint density at radius 1 is 1.21 bits per heavy atom. The number of para-hydroxylation sites is 1. The van der Waals surface area contributed by atoms with Crippen molar-refractivity contribution in [2.75, 3.05) is 17.7 Å². The average Bonchev–Trinajstić information content (AvgIpc) is 3.11. The smallest absolute Gasteiger partial charge is 0.341 e. The number of hydrogen-bond acceptors (Lipinski definition) is 4. The van der Waals surface area contributed by atoms with Gasteiger partial charge in [0.1, 0.15) is 5.00 Å². The zero-order valence-corrected chi connectivity index (χ0v) is 15.6. The van der Waals surface area contributed by atoms with Gasteiger partial charge in [-0.2, -0.15) is 0 Å². The van der Waals surface area contributed by atoms with Gasteiger partial charge in [0.2, 0.25) is 0 Å². The van der Waals surface area contributed by atoms with Gasteiger partial charge in [0.25, 0.3) is 0 Å². The Hall–Kier alpha value is -1.92. The van der Waals surface area contributed by atoms with E-state index in [-0.39, 0.29) is 5.97 Å². The molecular weight excluding hydrogens is 340 g/mol. The van der Waals surface area contributed by atoms with Gasteiger partial charge in [0.15, 0.2) is 5.11 Å². The molecule has 1 aliphatic carbocycles. The summed E-state index contributed by atoms with van der Waals surface area (Å²) in [6, 6.07) is 6.10. The van der Waals surface area contributed by atoms with E-state index in [0.29, 0.717) is 10.7 Å². The van der Waals surface area contributed by atoms with Crippen LogP contribution in [0.3, 0.4) is 0 Å². The highest BCUT2D eigenvalue weighted by atomic mass is 32.1. The summed E-state index contributed by atoms with van der Waals surface area (Å²) in [5.41, 5.74) is 5.01. The van der Waals surface area contributed by atoms with Gasteiger partial charge in [-0.15, -0.1) is 11.3 Å². The summed E-state index contributed by atoms with van der Waals surface area (Å²) in [5, 5.41) is 7.70. The predicted molar refractivity (Wildman–Crippen MR) is 103 cm³/mol. The van der Waals surface area contributed by atoms with Gasteiger partial charge >= 0.3 is 5.97 Å². The molecule has 24 heavy (non-hydrogen) atoms. The molecule has 0 amide bonds. The Kier molecular flexibility index (Phi) is 4.87. The lowest BCUT2D eigenvalue weighted by molar-refractivity contribution is 0.0601. The number of benzene rings is 1. The van der Waals surface area contributed by atoms with Crippen molar-refractivity contribution < 1.29 is 9.53 Å². The Balaban J connectivity index is 1.84. The molecule has 3 rings (SSSR count). The summed E-state index contributed by atoms with van der Waals surface area (Å²) in [6.07, 6.45) is 3.04. The second-order valence-corrected chi connectivity index (χ2v) is 7.41. The quantitative estimate of drug-likeness (QED) is 0.626. The zero-order valence-electron chi connectivity index (χ0n) is 14.0. The van der Waals surface area contributed by atoms with Crippen molar-refractivity contribution >= 4 is 45.3 Å². The molecule has 0 aliphatic heterocycles. The molecule has 0 saturated heterocycles.